The van der Waals surface area contributed by atoms with Gasteiger partial charge in [0.1, 0.15) is 0 Å². The second kappa shape index (κ2) is 4.97. The molecule has 1 aliphatic rings. The van der Waals surface area contributed by atoms with Crippen LogP contribution in [-0.4, -0.2) is 36.2 Å². The van der Waals surface area contributed by atoms with Gasteiger partial charge in [0.15, 0.2) is 0 Å². The van der Waals surface area contributed by atoms with Gasteiger partial charge in [0.2, 0.25) is 5.78 Å². The van der Waals surface area contributed by atoms with E-state index in [0.717, 1.165) is 13.1 Å². The number of piperidine rings is 1. The van der Waals surface area contributed by atoms with Gasteiger partial charge < -0.3 is 10.6 Å². The number of likely N-dealkylation sites (tertiary alicyclic amines) is 1. The van der Waals surface area contributed by atoms with Crippen molar-refractivity contribution in [2.75, 3.05) is 19.6 Å². The van der Waals surface area contributed by atoms with Crippen LogP contribution < -0.4 is 5.73 Å². The average Bonchev–Trinajstić information content (AvgIpc) is 2.15. The molecule has 0 unspecified atom stereocenters. The van der Waals surface area contributed by atoms with Crippen LogP contribution >= 0.6 is 0 Å². The zero-order chi connectivity index (χ0) is 9.68. The maximum Gasteiger partial charge on any atom is 0.284 e. The van der Waals surface area contributed by atoms with Gasteiger partial charge in [0.05, 0.1) is 0 Å². The van der Waals surface area contributed by atoms with Gasteiger partial charge in [-0.05, 0) is 25.9 Å². The van der Waals surface area contributed by atoms with Crippen LogP contribution in [-0.2, 0) is 9.59 Å². The third-order valence-corrected chi connectivity index (χ3v) is 2.38. The molecule has 1 heterocycles. The van der Waals surface area contributed by atoms with Crippen LogP contribution in [0.1, 0.15) is 25.7 Å². The largest absolute Gasteiger partial charge is 0.363 e. The van der Waals surface area contributed by atoms with Crippen molar-refractivity contribution in [3.8, 4) is 0 Å². The molecule has 0 spiro atoms. The monoisotopic (exact) mass is 184 g/mol. The molecule has 4 heteroatoms. The van der Waals surface area contributed by atoms with Crippen molar-refractivity contribution in [1.82, 2.24) is 4.90 Å². The van der Waals surface area contributed by atoms with E-state index < -0.39 is 11.7 Å². The molecule has 1 amide bonds. The van der Waals surface area contributed by atoms with Crippen LogP contribution in [0, 0.1) is 0 Å². The molecule has 0 atom stereocenters. The molecule has 13 heavy (non-hydrogen) atoms. The van der Waals surface area contributed by atoms with Crippen LogP contribution in [0.15, 0.2) is 0 Å². The Morgan fingerprint density at radius 3 is 2.31 bits per heavy atom. The van der Waals surface area contributed by atoms with Crippen LogP contribution in [0.25, 0.3) is 0 Å². The molecule has 1 rings (SSSR count). The van der Waals surface area contributed by atoms with Crippen LogP contribution in [0.5, 0.6) is 0 Å². The molecule has 0 aromatic rings. The number of nitrogens with zero attached hydrogens (tertiary/aromatic N) is 1. The van der Waals surface area contributed by atoms with Crippen molar-refractivity contribution < 1.29 is 9.59 Å². The Bertz CT molecular complexity index is 198. The SMILES string of the molecule is NC(=O)C(=O)CCN1CCCCC1. The molecular formula is C9H16N2O2. The summed E-state index contributed by atoms with van der Waals surface area (Å²) < 4.78 is 0. The number of nitrogens with two attached hydrogens (primary N) is 1. The van der Waals surface area contributed by atoms with E-state index in [2.05, 4.69) is 4.90 Å². The maximum atomic E-state index is 10.9. The normalized spacial score (nSPS) is 18.5. The summed E-state index contributed by atoms with van der Waals surface area (Å²) in [5.41, 5.74) is 4.84. The summed E-state index contributed by atoms with van der Waals surface area (Å²) in [5, 5.41) is 0. The Morgan fingerprint density at radius 1 is 1.15 bits per heavy atom. The number of ketones is 1. The summed E-state index contributed by atoms with van der Waals surface area (Å²) in [6, 6.07) is 0. The lowest BCUT2D eigenvalue weighted by molar-refractivity contribution is -0.136. The summed E-state index contributed by atoms with van der Waals surface area (Å²) in [6.45, 7) is 2.78. The highest BCUT2D eigenvalue weighted by Crippen LogP contribution is 2.08. The number of carbonyl (C=O) groups is 2. The van der Waals surface area contributed by atoms with Crippen molar-refractivity contribution in [2.24, 2.45) is 5.73 Å². The summed E-state index contributed by atoms with van der Waals surface area (Å²) >= 11 is 0. The van der Waals surface area contributed by atoms with Gasteiger partial charge in [-0.2, -0.15) is 0 Å². The van der Waals surface area contributed by atoms with Crippen molar-refractivity contribution in [1.29, 1.82) is 0 Å². The fraction of sp³-hybridized carbons (Fsp3) is 0.778. The predicted molar refractivity (Wildman–Crippen MR) is 49.1 cm³/mol. The third kappa shape index (κ3) is 3.55. The first-order chi connectivity index (χ1) is 6.20. The molecule has 0 aliphatic carbocycles. The molecule has 1 aliphatic heterocycles. The number of hydrogen-bond donors (Lipinski definition) is 1. The topological polar surface area (TPSA) is 63.4 Å². The Morgan fingerprint density at radius 2 is 1.77 bits per heavy atom. The first-order valence-corrected chi connectivity index (χ1v) is 4.75. The van der Waals surface area contributed by atoms with E-state index in [9.17, 15) is 9.59 Å². The Kier molecular flexibility index (Phi) is 3.89. The summed E-state index contributed by atoms with van der Waals surface area (Å²) in [4.78, 5) is 23.5. The zero-order valence-electron chi connectivity index (χ0n) is 7.79. The van der Waals surface area contributed by atoms with Crippen molar-refractivity contribution >= 4 is 11.7 Å². The van der Waals surface area contributed by atoms with Crippen molar-refractivity contribution in [3.05, 3.63) is 0 Å². The lowest BCUT2D eigenvalue weighted by Gasteiger charge is -2.25. The quantitative estimate of drug-likeness (QED) is 0.621. The lowest BCUT2D eigenvalue weighted by Crippen LogP contribution is -2.34. The number of carbonyl (C=O) groups excluding carboxylic acids is 2. The maximum absolute atomic E-state index is 10.9. The average molecular weight is 184 g/mol. The molecule has 1 saturated heterocycles. The summed E-state index contributed by atoms with van der Waals surface area (Å²) in [6.07, 6.45) is 3.95. The smallest absolute Gasteiger partial charge is 0.284 e. The number of amides is 1. The number of rotatable bonds is 4. The molecule has 74 valence electrons. The highest BCUT2D eigenvalue weighted by Gasteiger charge is 2.13. The number of primary amides is 1. The second-order valence-corrected chi connectivity index (χ2v) is 3.44. The first kappa shape index (κ1) is 10.2. The fourth-order valence-corrected chi connectivity index (χ4v) is 1.57. The van der Waals surface area contributed by atoms with Crippen molar-refractivity contribution in [3.63, 3.8) is 0 Å². The Balaban J connectivity index is 2.17. The molecular weight excluding hydrogens is 168 g/mol. The van der Waals surface area contributed by atoms with E-state index in [1.807, 2.05) is 0 Å². The van der Waals surface area contributed by atoms with Crippen LogP contribution in [0.4, 0.5) is 0 Å². The van der Waals surface area contributed by atoms with Gasteiger partial charge in [0.25, 0.3) is 5.91 Å². The molecule has 4 nitrogen and oxygen atoms in total. The van der Waals surface area contributed by atoms with E-state index in [1.165, 1.54) is 19.3 Å². The second-order valence-electron chi connectivity index (χ2n) is 3.44. The summed E-state index contributed by atoms with van der Waals surface area (Å²) in [7, 11) is 0. The number of Topliss-reactive ketones (excluding diaryl/α,β-unsaturated/α-hetero) is 1. The van der Waals surface area contributed by atoms with Crippen LogP contribution in [0.2, 0.25) is 0 Å². The van der Waals surface area contributed by atoms with Gasteiger partial charge >= 0.3 is 0 Å². The minimum Gasteiger partial charge on any atom is -0.363 e. The minimum atomic E-state index is -0.808. The van der Waals surface area contributed by atoms with Gasteiger partial charge in [-0.1, -0.05) is 6.42 Å². The lowest BCUT2D eigenvalue weighted by atomic mass is 10.1. The molecule has 0 aromatic carbocycles. The highest BCUT2D eigenvalue weighted by molar-refractivity contribution is 6.35. The molecule has 0 saturated carbocycles. The summed E-state index contributed by atoms with van der Waals surface area (Å²) in [5.74, 6) is -1.26. The standard InChI is InChI=1S/C9H16N2O2/c10-9(13)8(12)4-7-11-5-2-1-3-6-11/h1-7H2,(H2,10,13). The predicted octanol–water partition coefficient (Wildman–Crippen LogP) is -0.0832. The van der Waals surface area contributed by atoms with E-state index in [-0.39, 0.29) is 6.42 Å². The molecule has 1 fully saturated rings. The highest BCUT2D eigenvalue weighted by atomic mass is 16.2. The van der Waals surface area contributed by atoms with Gasteiger partial charge in [-0.3, -0.25) is 9.59 Å². The molecule has 0 radical (unpaired) electrons. The van der Waals surface area contributed by atoms with E-state index >= 15 is 0 Å². The van der Waals surface area contributed by atoms with Crippen LogP contribution in [0.3, 0.4) is 0 Å². The fourth-order valence-electron chi connectivity index (χ4n) is 1.57. The molecule has 0 aromatic heterocycles. The first-order valence-electron chi connectivity index (χ1n) is 4.75. The third-order valence-electron chi connectivity index (χ3n) is 2.38. The Labute approximate surface area is 78.1 Å². The van der Waals surface area contributed by atoms with E-state index in [1.54, 1.807) is 0 Å². The van der Waals surface area contributed by atoms with E-state index in [0.29, 0.717) is 6.54 Å². The van der Waals surface area contributed by atoms with Gasteiger partial charge in [-0.15, -0.1) is 0 Å². The van der Waals surface area contributed by atoms with Gasteiger partial charge in [0, 0.05) is 13.0 Å². The van der Waals surface area contributed by atoms with Gasteiger partial charge in [-0.25, -0.2) is 0 Å². The molecule has 0 bridgehead atoms. The van der Waals surface area contributed by atoms with Crippen molar-refractivity contribution in [2.45, 2.75) is 25.7 Å². The molecule has 2 N–H and O–H groups in total. The minimum absolute atomic E-state index is 0.273. The van der Waals surface area contributed by atoms with E-state index in [4.69, 9.17) is 5.73 Å². The number of hydrogen-bond acceptors (Lipinski definition) is 3. The Hall–Kier alpha value is -0.900. The zero-order valence-corrected chi connectivity index (χ0v) is 7.79.